The second-order valence-electron chi connectivity index (χ2n) is 3.51. The molecule has 78 valence electrons. The Morgan fingerprint density at radius 3 is 2.57 bits per heavy atom. The summed E-state index contributed by atoms with van der Waals surface area (Å²) in [5.74, 6) is 0.726. The van der Waals surface area contributed by atoms with Crippen molar-refractivity contribution in [3.63, 3.8) is 0 Å². The Balaban J connectivity index is 3.10. The fraction of sp³-hybridized carbons (Fsp3) is 0.455. The summed E-state index contributed by atoms with van der Waals surface area (Å²) < 4.78 is 5.18. The minimum Gasteiger partial charge on any atom is -0.496 e. The van der Waals surface area contributed by atoms with E-state index in [1.54, 1.807) is 14.0 Å². The molecule has 0 radical (unpaired) electrons. The van der Waals surface area contributed by atoms with Crippen LogP contribution in [-0.2, 0) is 0 Å². The van der Waals surface area contributed by atoms with Crippen LogP contribution in [0.1, 0.15) is 24.1 Å². The molecule has 2 atom stereocenters. The maximum Gasteiger partial charge on any atom is 0.123 e. The number of rotatable bonds is 3. The monoisotopic (exact) mass is 195 g/mol. The van der Waals surface area contributed by atoms with Gasteiger partial charge in [0.15, 0.2) is 0 Å². The SMILES string of the molecule is COc1ccc(C)cc1[C@H](N)C(C)O. The van der Waals surface area contributed by atoms with Gasteiger partial charge in [-0.1, -0.05) is 17.7 Å². The van der Waals surface area contributed by atoms with Crippen LogP contribution in [0.2, 0.25) is 0 Å². The van der Waals surface area contributed by atoms with E-state index in [2.05, 4.69) is 0 Å². The lowest BCUT2D eigenvalue weighted by molar-refractivity contribution is 0.162. The van der Waals surface area contributed by atoms with Crippen molar-refractivity contribution in [2.75, 3.05) is 7.11 Å². The molecule has 3 N–H and O–H groups in total. The van der Waals surface area contributed by atoms with Crippen LogP contribution in [0.4, 0.5) is 0 Å². The van der Waals surface area contributed by atoms with Gasteiger partial charge in [-0.05, 0) is 19.9 Å². The maximum absolute atomic E-state index is 9.40. The predicted molar refractivity (Wildman–Crippen MR) is 56.3 cm³/mol. The van der Waals surface area contributed by atoms with Gasteiger partial charge in [0.05, 0.1) is 19.3 Å². The zero-order valence-corrected chi connectivity index (χ0v) is 8.82. The molecule has 0 aromatic heterocycles. The number of hydrogen-bond donors (Lipinski definition) is 2. The minimum absolute atomic E-state index is 0.398. The van der Waals surface area contributed by atoms with Gasteiger partial charge in [-0.2, -0.15) is 0 Å². The number of nitrogens with two attached hydrogens (primary N) is 1. The minimum atomic E-state index is -0.578. The van der Waals surface area contributed by atoms with Gasteiger partial charge in [0.1, 0.15) is 5.75 Å². The molecule has 0 fully saturated rings. The van der Waals surface area contributed by atoms with Crippen molar-refractivity contribution < 1.29 is 9.84 Å². The highest BCUT2D eigenvalue weighted by atomic mass is 16.5. The molecule has 0 aliphatic heterocycles. The zero-order valence-electron chi connectivity index (χ0n) is 8.82. The van der Waals surface area contributed by atoms with Crippen LogP contribution >= 0.6 is 0 Å². The molecule has 3 nitrogen and oxygen atoms in total. The van der Waals surface area contributed by atoms with Crippen LogP contribution in [-0.4, -0.2) is 18.3 Å². The Morgan fingerprint density at radius 1 is 1.43 bits per heavy atom. The van der Waals surface area contributed by atoms with E-state index in [1.807, 2.05) is 25.1 Å². The van der Waals surface area contributed by atoms with Crippen molar-refractivity contribution in [1.29, 1.82) is 0 Å². The summed E-state index contributed by atoms with van der Waals surface area (Å²) in [5.41, 5.74) is 7.81. The molecule has 0 spiro atoms. The summed E-state index contributed by atoms with van der Waals surface area (Å²) >= 11 is 0. The van der Waals surface area contributed by atoms with Crippen LogP contribution in [0.3, 0.4) is 0 Å². The third-order valence-corrected chi connectivity index (χ3v) is 2.26. The Bertz CT molecular complexity index is 310. The number of ether oxygens (including phenoxy) is 1. The number of methoxy groups -OCH3 is 1. The second-order valence-corrected chi connectivity index (χ2v) is 3.51. The van der Waals surface area contributed by atoms with Crippen LogP contribution < -0.4 is 10.5 Å². The van der Waals surface area contributed by atoms with E-state index >= 15 is 0 Å². The van der Waals surface area contributed by atoms with Gasteiger partial charge >= 0.3 is 0 Å². The molecule has 0 bridgehead atoms. The smallest absolute Gasteiger partial charge is 0.123 e. The Morgan fingerprint density at radius 2 is 2.07 bits per heavy atom. The van der Waals surface area contributed by atoms with Crippen molar-refractivity contribution in [2.45, 2.75) is 26.0 Å². The average molecular weight is 195 g/mol. The van der Waals surface area contributed by atoms with E-state index in [0.717, 1.165) is 16.9 Å². The molecule has 0 saturated heterocycles. The van der Waals surface area contributed by atoms with Crippen LogP contribution in [0.5, 0.6) is 5.75 Å². The highest BCUT2D eigenvalue weighted by Crippen LogP contribution is 2.26. The summed E-state index contributed by atoms with van der Waals surface area (Å²) in [6.07, 6.45) is -0.578. The zero-order chi connectivity index (χ0) is 10.7. The quantitative estimate of drug-likeness (QED) is 0.766. The second kappa shape index (κ2) is 4.44. The predicted octanol–water partition coefficient (Wildman–Crippen LogP) is 1.38. The topological polar surface area (TPSA) is 55.5 Å². The molecule has 0 amide bonds. The van der Waals surface area contributed by atoms with Gasteiger partial charge in [-0.15, -0.1) is 0 Å². The van der Waals surface area contributed by atoms with Gasteiger partial charge in [0.25, 0.3) is 0 Å². The number of aryl methyl sites for hydroxylation is 1. The van der Waals surface area contributed by atoms with E-state index in [0.29, 0.717) is 0 Å². The summed E-state index contributed by atoms with van der Waals surface area (Å²) in [7, 11) is 1.60. The van der Waals surface area contributed by atoms with E-state index in [1.165, 1.54) is 0 Å². The first-order valence-electron chi connectivity index (χ1n) is 4.64. The third-order valence-electron chi connectivity index (χ3n) is 2.26. The van der Waals surface area contributed by atoms with E-state index in [-0.39, 0.29) is 0 Å². The van der Waals surface area contributed by atoms with Gasteiger partial charge in [0, 0.05) is 5.56 Å². The lowest BCUT2D eigenvalue weighted by Gasteiger charge is -2.18. The Kier molecular flexibility index (Phi) is 3.49. The van der Waals surface area contributed by atoms with Crippen molar-refractivity contribution in [3.05, 3.63) is 29.3 Å². The molecule has 3 heteroatoms. The lowest BCUT2D eigenvalue weighted by Crippen LogP contribution is -2.23. The first-order valence-corrected chi connectivity index (χ1v) is 4.64. The third kappa shape index (κ3) is 2.25. The first kappa shape index (κ1) is 11.0. The largest absolute Gasteiger partial charge is 0.496 e. The first-order chi connectivity index (χ1) is 6.56. The van der Waals surface area contributed by atoms with Crippen LogP contribution in [0.25, 0.3) is 0 Å². The van der Waals surface area contributed by atoms with E-state index in [9.17, 15) is 5.11 Å². The molecule has 0 saturated carbocycles. The maximum atomic E-state index is 9.40. The highest BCUT2D eigenvalue weighted by Gasteiger charge is 2.16. The van der Waals surface area contributed by atoms with Crippen LogP contribution in [0, 0.1) is 6.92 Å². The Labute approximate surface area is 84.5 Å². The highest BCUT2D eigenvalue weighted by molar-refractivity contribution is 5.39. The van der Waals surface area contributed by atoms with Crippen LogP contribution in [0.15, 0.2) is 18.2 Å². The number of aliphatic hydroxyl groups is 1. The molecule has 0 aliphatic carbocycles. The molecule has 14 heavy (non-hydrogen) atoms. The van der Waals surface area contributed by atoms with Crippen molar-refractivity contribution in [2.24, 2.45) is 5.73 Å². The molecular formula is C11H17NO2. The van der Waals surface area contributed by atoms with Crippen molar-refractivity contribution in [3.8, 4) is 5.75 Å². The van der Waals surface area contributed by atoms with Crippen molar-refractivity contribution in [1.82, 2.24) is 0 Å². The number of hydrogen-bond acceptors (Lipinski definition) is 3. The molecule has 1 unspecified atom stereocenters. The van der Waals surface area contributed by atoms with Gasteiger partial charge in [-0.25, -0.2) is 0 Å². The standard InChI is InChI=1S/C11H17NO2/c1-7-4-5-10(14-3)9(6-7)11(12)8(2)13/h4-6,8,11,13H,12H2,1-3H3/t8?,11-/m1/s1. The molecular weight excluding hydrogens is 178 g/mol. The fourth-order valence-corrected chi connectivity index (χ4v) is 1.37. The molecule has 1 rings (SSSR count). The molecule has 1 aromatic carbocycles. The summed E-state index contributed by atoms with van der Waals surface area (Å²) in [5, 5.41) is 9.40. The normalized spacial score (nSPS) is 14.9. The number of benzene rings is 1. The summed E-state index contributed by atoms with van der Waals surface area (Å²) in [4.78, 5) is 0. The molecule has 1 aromatic rings. The molecule has 0 aliphatic rings. The lowest BCUT2D eigenvalue weighted by atomic mass is 10.0. The summed E-state index contributed by atoms with van der Waals surface area (Å²) in [6.45, 7) is 3.66. The van der Waals surface area contributed by atoms with Gasteiger partial charge < -0.3 is 15.6 Å². The molecule has 0 heterocycles. The fourth-order valence-electron chi connectivity index (χ4n) is 1.37. The van der Waals surface area contributed by atoms with E-state index < -0.39 is 12.1 Å². The van der Waals surface area contributed by atoms with E-state index in [4.69, 9.17) is 10.5 Å². The number of aliphatic hydroxyl groups excluding tert-OH is 1. The van der Waals surface area contributed by atoms with Crippen molar-refractivity contribution >= 4 is 0 Å². The average Bonchev–Trinajstić information content (AvgIpc) is 2.16. The summed E-state index contributed by atoms with van der Waals surface area (Å²) in [6, 6.07) is 5.37. The van der Waals surface area contributed by atoms with Gasteiger partial charge in [-0.3, -0.25) is 0 Å². The Hall–Kier alpha value is -1.06. The van der Waals surface area contributed by atoms with Gasteiger partial charge in [0.2, 0.25) is 0 Å².